The van der Waals surface area contributed by atoms with Gasteiger partial charge in [-0.3, -0.25) is 0 Å². The van der Waals surface area contributed by atoms with E-state index in [0.717, 1.165) is 19.4 Å². The highest BCUT2D eigenvalue weighted by Crippen LogP contribution is 2.58. The van der Waals surface area contributed by atoms with Gasteiger partial charge in [0.1, 0.15) is 0 Å². The second-order valence-corrected chi connectivity index (χ2v) is 7.22. The third kappa shape index (κ3) is 2.38. The lowest BCUT2D eigenvalue weighted by Crippen LogP contribution is -2.23. The fraction of sp³-hybridized carbons (Fsp3) is 0.333. The summed E-state index contributed by atoms with van der Waals surface area (Å²) in [5.74, 6) is 0. The van der Waals surface area contributed by atoms with Gasteiger partial charge in [-0.2, -0.15) is 0 Å². The zero-order valence-corrected chi connectivity index (χ0v) is 12.2. The Morgan fingerprint density at radius 1 is 0.800 bits per heavy atom. The molecule has 2 aliphatic rings. The zero-order chi connectivity index (χ0) is 13.4. The molecule has 2 saturated heterocycles. The number of benzene rings is 2. The number of epoxide rings is 1. The van der Waals surface area contributed by atoms with Crippen LogP contribution in [0.15, 0.2) is 60.7 Å². The number of rotatable bonds is 2. The smallest absolute Gasteiger partial charge is 0.0944 e. The van der Waals surface area contributed by atoms with Crippen LogP contribution in [0.25, 0.3) is 0 Å². The molecule has 2 fully saturated rings. The van der Waals surface area contributed by atoms with Crippen LogP contribution >= 0.6 is 11.8 Å². The van der Waals surface area contributed by atoms with Crippen LogP contribution in [0.2, 0.25) is 0 Å². The van der Waals surface area contributed by atoms with Crippen molar-refractivity contribution in [1.29, 1.82) is 0 Å². The summed E-state index contributed by atoms with van der Waals surface area (Å²) in [5, 5.41) is 1.11. The molecule has 0 saturated carbocycles. The first-order chi connectivity index (χ1) is 9.85. The Balaban J connectivity index is 1.63. The van der Waals surface area contributed by atoms with Crippen LogP contribution in [0.5, 0.6) is 0 Å². The highest BCUT2D eigenvalue weighted by atomic mass is 32.2. The molecule has 4 rings (SSSR count). The maximum atomic E-state index is 5.83. The van der Waals surface area contributed by atoms with Gasteiger partial charge in [0, 0.05) is 10.5 Å². The summed E-state index contributed by atoms with van der Waals surface area (Å²) in [6.45, 7) is 0.945. The number of hydrogen-bond acceptors (Lipinski definition) is 2. The van der Waals surface area contributed by atoms with Crippen LogP contribution in [-0.4, -0.2) is 12.2 Å². The minimum Gasteiger partial charge on any atom is -0.369 e. The highest BCUT2D eigenvalue weighted by Gasteiger charge is 2.51. The third-order valence-electron chi connectivity index (χ3n) is 4.34. The molecule has 0 amide bonds. The van der Waals surface area contributed by atoms with Gasteiger partial charge < -0.3 is 4.74 Å². The summed E-state index contributed by atoms with van der Waals surface area (Å²) in [5.41, 5.74) is 3.03. The molecule has 1 spiro atoms. The molecule has 102 valence electrons. The van der Waals surface area contributed by atoms with Crippen LogP contribution in [0.1, 0.15) is 34.5 Å². The first-order valence-electron chi connectivity index (χ1n) is 7.24. The molecule has 20 heavy (non-hydrogen) atoms. The van der Waals surface area contributed by atoms with E-state index in [0.29, 0.717) is 10.5 Å². The summed E-state index contributed by atoms with van der Waals surface area (Å²) < 4.78 is 5.83. The van der Waals surface area contributed by atoms with E-state index in [1.54, 1.807) is 0 Å². The summed E-state index contributed by atoms with van der Waals surface area (Å²) in [6, 6.07) is 21.8. The van der Waals surface area contributed by atoms with Crippen molar-refractivity contribution >= 4 is 11.8 Å². The molecule has 0 aliphatic carbocycles. The van der Waals surface area contributed by atoms with Crippen molar-refractivity contribution in [1.82, 2.24) is 0 Å². The van der Waals surface area contributed by atoms with E-state index in [1.165, 1.54) is 11.1 Å². The fourth-order valence-corrected chi connectivity index (χ4v) is 4.94. The van der Waals surface area contributed by atoms with Gasteiger partial charge in [0.25, 0.3) is 0 Å². The first kappa shape index (κ1) is 12.5. The van der Waals surface area contributed by atoms with Crippen LogP contribution in [0.4, 0.5) is 0 Å². The van der Waals surface area contributed by atoms with E-state index in [2.05, 4.69) is 72.4 Å². The Morgan fingerprint density at radius 2 is 1.25 bits per heavy atom. The van der Waals surface area contributed by atoms with Crippen LogP contribution in [0, 0.1) is 0 Å². The molecule has 2 heteroatoms. The average Bonchev–Trinajstić information content (AvgIpc) is 3.27. The third-order valence-corrected chi connectivity index (χ3v) is 5.87. The molecule has 2 heterocycles. The molecular formula is C18H18OS. The van der Waals surface area contributed by atoms with E-state index in [4.69, 9.17) is 4.74 Å². The molecule has 0 aromatic heterocycles. The summed E-state index contributed by atoms with van der Waals surface area (Å²) in [4.78, 5) is 0. The van der Waals surface area contributed by atoms with E-state index in [-0.39, 0.29) is 5.60 Å². The van der Waals surface area contributed by atoms with Crippen LogP contribution < -0.4 is 0 Å². The standard InChI is InChI=1S/C18H18OS/c1-3-7-14(8-4-1)16-11-18(13-19-18)12-17(20-16)15-9-5-2-6-10-15/h1-10,16-17H,11-13H2/t16-,17+,18?. The molecule has 0 N–H and O–H groups in total. The molecule has 3 atom stereocenters. The van der Waals surface area contributed by atoms with Crippen molar-refractivity contribution in [3.8, 4) is 0 Å². The topological polar surface area (TPSA) is 12.5 Å². The van der Waals surface area contributed by atoms with Gasteiger partial charge in [-0.1, -0.05) is 60.7 Å². The normalized spacial score (nSPS) is 32.2. The van der Waals surface area contributed by atoms with Gasteiger partial charge in [-0.05, 0) is 24.0 Å². The van der Waals surface area contributed by atoms with Gasteiger partial charge in [0.15, 0.2) is 0 Å². The zero-order valence-electron chi connectivity index (χ0n) is 11.4. The van der Waals surface area contributed by atoms with Crippen LogP contribution in [0.3, 0.4) is 0 Å². The highest BCUT2D eigenvalue weighted by molar-refractivity contribution is 7.99. The summed E-state index contributed by atoms with van der Waals surface area (Å²) in [7, 11) is 0. The Bertz CT molecular complexity index is 527. The Morgan fingerprint density at radius 3 is 1.65 bits per heavy atom. The van der Waals surface area contributed by atoms with Gasteiger partial charge in [0.2, 0.25) is 0 Å². The summed E-state index contributed by atoms with van der Waals surface area (Å²) in [6.07, 6.45) is 2.32. The maximum absolute atomic E-state index is 5.83. The van der Waals surface area contributed by atoms with Crippen LogP contribution in [-0.2, 0) is 4.74 Å². The van der Waals surface area contributed by atoms with Crippen molar-refractivity contribution in [3.05, 3.63) is 71.8 Å². The summed E-state index contributed by atoms with van der Waals surface area (Å²) >= 11 is 2.10. The number of ether oxygens (including phenoxy) is 1. The lowest BCUT2D eigenvalue weighted by molar-refractivity contribution is 0.264. The Hall–Kier alpha value is -1.25. The molecule has 0 radical (unpaired) electrons. The van der Waals surface area contributed by atoms with Crippen molar-refractivity contribution in [2.45, 2.75) is 28.9 Å². The van der Waals surface area contributed by atoms with Crippen molar-refractivity contribution in [3.63, 3.8) is 0 Å². The second-order valence-electron chi connectivity index (χ2n) is 5.81. The molecule has 2 aliphatic heterocycles. The lowest BCUT2D eigenvalue weighted by atomic mass is 9.92. The first-order valence-corrected chi connectivity index (χ1v) is 8.18. The Labute approximate surface area is 124 Å². The van der Waals surface area contributed by atoms with Gasteiger partial charge in [-0.25, -0.2) is 0 Å². The molecule has 2 aromatic rings. The fourth-order valence-electron chi connectivity index (χ4n) is 3.12. The largest absolute Gasteiger partial charge is 0.369 e. The van der Waals surface area contributed by atoms with Crippen molar-refractivity contribution in [2.24, 2.45) is 0 Å². The quantitative estimate of drug-likeness (QED) is 0.736. The predicted octanol–water partition coefficient (Wildman–Crippen LogP) is 4.77. The Kier molecular flexibility index (Phi) is 3.08. The SMILES string of the molecule is c1ccc([C@@H]2CC3(CO3)C[C@H](c3ccccc3)S2)cc1. The van der Waals surface area contributed by atoms with E-state index in [1.807, 2.05) is 0 Å². The van der Waals surface area contributed by atoms with E-state index in [9.17, 15) is 0 Å². The minimum absolute atomic E-state index is 0.159. The van der Waals surface area contributed by atoms with E-state index >= 15 is 0 Å². The maximum Gasteiger partial charge on any atom is 0.0944 e. The number of hydrogen-bond donors (Lipinski definition) is 0. The number of thioether (sulfide) groups is 1. The minimum atomic E-state index is 0.159. The molecule has 0 bridgehead atoms. The second kappa shape index (κ2) is 4.94. The predicted molar refractivity (Wildman–Crippen MR) is 83.9 cm³/mol. The van der Waals surface area contributed by atoms with E-state index < -0.39 is 0 Å². The average molecular weight is 282 g/mol. The van der Waals surface area contributed by atoms with Gasteiger partial charge in [-0.15, -0.1) is 11.8 Å². The monoisotopic (exact) mass is 282 g/mol. The molecule has 1 nitrogen and oxygen atoms in total. The molecule has 1 unspecified atom stereocenters. The molecule has 2 aromatic carbocycles. The van der Waals surface area contributed by atoms with Crippen molar-refractivity contribution in [2.75, 3.05) is 6.61 Å². The lowest BCUT2D eigenvalue weighted by Gasteiger charge is -2.33. The molecular weight excluding hydrogens is 264 g/mol. The van der Waals surface area contributed by atoms with Gasteiger partial charge in [0.05, 0.1) is 12.2 Å². The van der Waals surface area contributed by atoms with Crippen molar-refractivity contribution < 1.29 is 4.74 Å². The van der Waals surface area contributed by atoms with Gasteiger partial charge >= 0.3 is 0 Å².